The van der Waals surface area contributed by atoms with Gasteiger partial charge in [0, 0.05) is 11.7 Å². The molecule has 0 aliphatic carbocycles. The molecule has 1 aromatic rings. The predicted molar refractivity (Wildman–Crippen MR) is 59.3 cm³/mol. The molecule has 0 radical (unpaired) electrons. The smallest absolute Gasteiger partial charge is 0.305 e. The second-order valence-electron chi connectivity index (χ2n) is 4.20. The summed E-state index contributed by atoms with van der Waals surface area (Å²) < 4.78 is 0. The summed E-state index contributed by atoms with van der Waals surface area (Å²) in [7, 11) is 0. The lowest BCUT2D eigenvalue weighted by atomic mass is 10.0. The molecule has 0 saturated heterocycles. The lowest BCUT2D eigenvalue weighted by molar-refractivity contribution is -0.137. The monoisotopic (exact) mass is 205 g/mol. The van der Waals surface area contributed by atoms with Gasteiger partial charge in [0.15, 0.2) is 0 Å². The summed E-state index contributed by atoms with van der Waals surface area (Å²) in [4.78, 5) is 10.6. The van der Waals surface area contributed by atoms with Crippen LogP contribution in [0.3, 0.4) is 0 Å². The topological polar surface area (TPSA) is 49.3 Å². The number of fused-ring (bicyclic) bond motifs is 1. The number of aliphatic carboxylic acids is 1. The van der Waals surface area contributed by atoms with Gasteiger partial charge in [0.1, 0.15) is 0 Å². The van der Waals surface area contributed by atoms with Crippen LogP contribution in [-0.4, -0.2) is 17.1 Å². The van der Waals surface area contributed by atoms with Crippen molar-refractivity contribution in [1.82, 2.24) is 0 Å². The minimum atomic E-state index is -0.740. The molecule has 0 amide bonds. The maximum Gasteiger partial charge on any atom is 0.305 e. The molecule has 3 nitrogen and oxygen atoms in total. The predicted octanol–water partition coefficient (Wildman–Crippen LogP) is 2.11. The van der Waals surface area contributed by atoms with Crippen molar-refractivity contribution in [1.29, 1.82) is 0 Å². The zero-order valence-electron chi connectivity index (χ0n) is 9.00. The summed E-state index contributed by atoms with van der Waals surface area (Å²) >= 11 is 0. The van der Waals surface area contributed by atoms with Crippen LogP contribution in [0.15, 0.2) is 12.1 Å². The number of aryl methyl sites for hydroxylation is 2. The second kappa shape index (κ2) is 3.57. The molecule has 1 aromatic carbocycles. The van der Waals surface area contributed by atoms with Gasteiger partial charge in [0.05, 0.1) is 6.42 Å². The second-order valence-corrected chi connectivity index (χ2v) is 4.20. The van der Waals surface area contributed by atoms with Crippen molar-refractivity contribution in [2.45, 2.75) is 32.7 Å². The lowest BCUT2D eigenvalue weighted by Crippen LogP contribution is -2.19. The van der Waals surface area contributed by atoms with Gasteiger partial charge in [-0.2, -0.15) is 0 Å². The first-order chi connectivity index (χ1) is 7.08. The number of carboxylic acid groups (broad SMARTS) is 1. The molecular weight excluding hydrogens is 190 g/mol. The Kier molecular flexibility index (Phi) is 2.39. The Morgan fingerprint density at radius 2 is 2.13 bits per heavy atom. The van der Waals surface area contributed by atoms with Crippen LogP contribution in [-0.2, 0) is 11.2 Å². The summed E-state index contributed by atoms with van der Waals surface area (Å²) in [6.45, 7) is 4.12. The Morgan fingerprint density at radius 3 is 2.73 bits per heavy atom. The van der Waals surface area contributed by atoms with E-state index < -0.39 is 5.97 Å². The van der Waals surface area contributed by atoms with Crippen molar-refractivity contribution < 1.29 is 9.90 Å². The number of anilines is 1. The van der Waals surface area contributed by atoms with Gasteiger partial charge in [-0.05, 0) is 37.0 Å². The van der Waals surface area contributed by atoms with E-state index in [1.165, 1.54) is 16.7 Å². The largest absolute Gasteiger partial charge is 0.481 e. The average molecular weight is 205 g/mol. The number of nitrogens with one attached hydrogen (secondary N) is 1. The molecule has 0 spiro atoms. The minimum absolute atomic E-state index is 0.0531. The van der Waals surface area contributed by atoms with E-state index in [0.717, 1.165) is 12.1 Å². The van der Waals surface area contributed by atoms with Gasteiger partial charge in [-0.1, -0.05) is 12.1 Å². The molecule has 2 N–H and O–H groups in total. The number of rotatable bonds is 2. The standard InChI is InChI=1S/C12H15NO2/c1-7-3-4-8(2)12-10(7)5-9(13-12)6-11(14)15/h3-4,9,13H,5-6H2,1-2H3,(H,14,15). The number of carbonyl (C=O) groups is 1. The highest BCUT2D eigenvalue weighted by atomic mass is 16.4. The van der Waals surface area contributed by atoms with Crippen LogP contribution in [0, 0.1) is 13.8 Å². The summed E-state index contributed by atoms with van der Waals surface area (Å²) in [5, 5.41) is 12.0. The van der Waals surface area contributed by atoms with E-state index in [1.807, 2.05) is 0 Å². The van der Waals surface area contributed by atoms with Crippen molar-refractivity contribution in [3.63, 3.8) is 0 Å². The van der Waals surface area contributed by atoms with Crippen LogP contribution in [0.5, 0.6) is 0 Å². The van der Waals surface area contributed by atoms with E-state index in [0.29, 0.717) is 0 Å². The highest BCUT2D eigenvalue weighted by Crippen LogP contribution is 2.32. The molecule has 0 aromatic heterocycles. The van der Waals surface area contributed by atoms with Crippen molar-refractivity contribution >= 4 is 11.7 Å². The van der Waals surface area contributed by atoms with Crippen LogP contribution in [0.1, 0.15) is 23.1 Å². The minimum Gasteiger partial charge on any atom is -0.481 e. The van der Waals surface area contributed by atoms with Gasteiger partial charge in [-0.15, -0.1) is 0 Å². The summed E-state index contributed by atoms with van der Waals surface area (Å²) in [5.41, 5.74) is 4.86. The Labute approximate surface area is 89.1 Å². The third kappa shape index (κ3) is 1.82. The van der Waals surface area contributed by atoms with Gasteiger partial charge >= 0.3 is 5.97 Å². The third-order valence-electron chi connectivity index (χ3n) is 2.98. The van der Waals surface area contributed by atoms with Crippen molar-refractivity contribution in [2.24, 2.45) is 0 Å². The Hall–Kier alpha value is -1.51. The van der Waals surface area contributed by atoms with Gasteiger partial charge in [0.2, 0.25) is 0 Å². The summed E-state index contributed by atoms with van der Waals surface area (Å²) in [6, 6.07) is 4.22. The average Bonchev–Trinajstić information content (AvgIpc) is 2.55. The SMILES string of the molecule is Cc1ccc(C)c2c1CC(CC(=O)O)N2. The first-order valence-corrected chi connectivity index (χ1v) is 5.15. The van der Waals surface area contributed by atoms with Crippen LogP contribution in [0.4, 0.5) is 5.69 Å². The molecule has 0 fully saturated rings. The lowest BCUT2D eigenvalue weighted by Gasteiger charge is -2.08. The van der Waals surface area contributed by atoms with E-state index in [1.54, 1.807) is 0 Å². The van der Waals surface area contributed by atoms with Gasteiger partial charge in [-0.3, -0.25) is 4.79 Å². The molecule has 1 aliphatic rings. The van der Waals surface area contributed by atoms with Crippen LogP contribution in [0.2, 0.25) is 0 Å². The number of hydrogen-bond donors (Lipinski definition) is 2. The zero-order valence-corrected chi connectivity index (χ0v) is 9.00. The quantitative estimate of drug-likeness (QED) is 0.777. The van der Waals surface area contributed by atoms with Crippen LogP contribution >= 0.6 is 0 Å². The van der Waals surface area contributed by atoms with Crippen LogP contribution in [0.25, 0.3) is 0 Å². The normalized spacial score (nSPS) is 18.4. The van der Waals surface area contributed by atoms with Crippen molar-refractivity contribution in [2.75, 3.05) is 5.32 Å². The van der Waals surface area contributed by atoms with Gasteiger partial charge < -0.3 is 10.4 Å². The molecule has 0 saturated carbocycles. The molecule has 15 heavy (non-hydrogen) atoms. The third-order valence-corrected chi connectivity index (χ3v) is 2.98. The fourth-order valence-electron chi connectivity index (χ4n) is 2.17. The summed E-state index contributed by atoms with van der Waals surface area (Å²) in [6.07, 6.45) is 1.02. The molecule has 1 aliphatic heterocycles. The van der Waals surface area contributed by atoms with E-state index in [2.05, 4.69) is 31.3 Å². The first-order valence-electron chi connectivity index (χ1n) is 5.15. The van der Waals surface area contributed by atoms with E-state index in [4.69, 9.17) is 5.11 Å². The van der Waals surface area contributed by atoms with Gasteiger partial charge in [-0.25, -0.2) is 0 Å². The van der Waals surface area contributed by atoms with Crippen molar-refractivity contribution in [3.05, 3.63) is 28.8 Å². The highest BCUT2D eigenvalue weighted by molar-refractivity contribution is 5.71. The van der Waals surface area contributed by atoms with E-state index in [-0.39, 0.29) is 12.5 Å². The molecule has 2 rings (SSSR count). The molecule has 0 bridgehead atoms. The number of hydrogen-bond acceptors (Lipinski definition) is 2. The molecule has 80 valence electrons. The molecule has 1 unspecified atom stereocenters. The fourth-order valence-corrected chi connectivity index (χ4v) is 2.17. The maximum atomic E-state index is 10.6. The van der Waals surface area contributed by atoms with E-state index >= 15 is 0 Å². The van der Waals surface area contributed by atoms with Crippen LogP contribution < -0.4 is 5.32 Å². The summed E-state index contributed by atoms with van der Waals surface area (Å²) in [5.74, 6) is -0.740. The Morgan fingerprint density at radius 1 is 1.47 bits per heavy atom. The highest BCUT2D eigenvalue weighted by Gasteiger charge is 2.24. The first kappa shape index (κ1) is 10.0. The van der Waals surface area contributed by atoms with Crippen molar-refractivity contribution in [3.8, 4) is 0 Å². The Balaban J connectivity index is 2.26. The molecular formula is C12H15NO2. The zero-order chi connectivity index (χ0) is 11.0. The molecule has 1 heterocycles. The molecule has 1 atom stereocenters. The number of carboxylic acids is 1. The fraction of sp³-hybridized carbons (Fsp3) is 0.417. The van der Waals surface area contributed by atoms with Gasteiger partial charge in [0.25, 0.3) is 0 Å². The van der Waals surface area contributed by atoms with E-state index in [9.17, 15) is 4.79 Å². The Bertz CT molecular complexity index is 381. The maximum absolute atomic E-state index is 10.6. The number of benzene rings is 1. The molecule has 3 heteroatoms.